The minimum Gasteiger partial charge on any atom is -0.368 e. The Morgan fingerprint density at radius 3 is 2.49 bits per heavy atom. The monoisotopic (exact) mass is 550 g/mol. The van der Waals surface area contributed by atoms with Crippen LogP contribution in [-0.4, -0.2) is 17.5 Å². The first kappa shape index (κ1) is 29.4. The molecule has 3 fully saturated rings. The van der Waals surface area contributed by atoms with Gasteiger partial charge in [-0.15, -0.1) is 0 Å². The van der Waals surface area contributed by atoms with Gasteiger partial charge in [-0.25, -0.2) is 0 Å². The number of carbonyl (C=O) groups excluding carboxylic acids is 1. The fraction of sp³-hybridized carbons (Fsp3) is 0.750. The third kappa shape index (κ3) is 5.70. The number of rotatable bonds is 9. The molecule has 1 aromatic carbocycles. The van der Waals surface area contributed by atoms with Crippen molar-refractivity contribution in [2.45, 2.75) is 117 Å². The molecule has 0 unspecified atom stereocenters. The standard InChI is InChI=1S/C36H54O2S/c1-24(2)11-10-12-25(3)30-17-18-31-29-16-15-27-23-28(19-21-35(27,4)32(29)20-22-36(30,31)5)39-34(37)33(38-6)26-13-8-7-9-14-26/h7-9,13-15,24-25,28-33H,10-12,16-23H2,1-6H3/t25-,28+,29+,30-,31+,32+,33-,35+,36-/m1/s1. The summed E-state index contributed by atoms with van der Waals surface area (Å²) in [4.78, 5) is 13.3. The summed E-state index contributed by atoms with van der Waals surface area (Å²) in [6, 6.07) is 9.98. The normalized spacial score (nSPS) is 37.4. The van der Waals surface area contributed by atoms with Crippen molar-refractivity contribution in [1.82, 2.24) is 0 Å². The van der Waals surface area contributed by atoms with Crippen molar-refractivity contribution in [3.8, 4) is 0 Å². The maximum Gasteiger partial charge on any atom is 0.222 e. The van der Waals surface area contributed by atoms with Crippen LogP contribution in [0.5, 0.6) is 0 Å². The predicted molar refractivity (Wildman–Crippen MR) is 166 cm³/mol. The molecular weight excluding hydrogens is 496 g/mol. The molecule has 0 saturated heterocycles. The van der Waals surface area contributed by atoms with Crippen molar-refractivity contribution >= 4 is 16.9 Å². The number of fused-ring (bicyclic) bond motifs is 5. The van der Waals surface area contributed by atoms with Crippen molar-refractivity contribution in [1.29, 1.82) is 0 Å². The highest BCUT2D eigenvalue weighted by molar-refractivity contribution is 8.14. The summed E-state index contributed by atoms with van der Waals surface area (Å²) in [5, 5.41) is 0.547. The van der Waals surface area contributed by atoms with Gasteiger partial charge in [0.05, 0.1) is 0 Å². The van der Waals surface area contributed by atoms with E-state index < -0.39 is 6.10 Å². The zero-order valence-corrected chi connectivity index (χ0v) is 26.4. The fourth-order valence-electron chi connectivity index (χ4n) is 9.97. The van der Waals surface area contributed by atoms with Gasteiger partial charge in [0.1, 0.15) is 0 Å². The van der Waals surface area contributed by atoms with Crippen LogP contribution in [0.4, 0.5) is 0 Å². The van der Waals surface area contributed by atoms with Gasteiger partial charge < -0.3 is 4.74 Å². The number of ether oxygens (including phenoxy) is 1. The average Bonchev–Trinajstić information content (AvgIpc) is 3.27. The molecule has 0 amide bonds. The summed E-state index contributed by atoms with van der Waals surface area (Å²) >= 11 is 1.55. The Bertz CT molecular complexity index is 1020. The van der Waals surface area contributed by atoms with E-state index in [0.717, 1.165) is 53.9 Å². The van der Waals surface area contributed by atoms with Crippen molar-refractivity contribution in [3.63, 3.8) is 0 Å². The molecule has 0 bridgehead atoms. The summed E-state index contributed by atoms with van der Waals surface area (Å²) < 4.78 is 5.66. The molecule has 1 aromatic rings. The van der Waals surface area contributed by atoms with E-state index in [1.165, 1.54) is 57.8 Å². The molecule has 3 saturated carbocycles. The second-order valence-electron chi connectivity index (χ2n) is 14.6. The molecule has 4 aliphatic carbocycles. The van der Waals surface area contributed by atoms with E-state index in [-0.39, 0.29) is 5.12 Å². The van der Waals surface area contributed by atoms with Crippen LogP contribution in [0, 0.1) is 46.3 Å². The highest BCUT2D eigenvalue weighted by Crippen LogP contribution is 2.67. The van der Waals surface area contributed by atoms with Gasteiger partial charge in [-0.05, 0) is 103 Å². The lowest BCUT2D eigenvalue weighted by Crippen LogP contribution is -2.50. The fourth-order valence-corrected chi connectivity index (χ4v) is 11.2. The van der Waals surface area contributed by atoms with Crippen LogP contribution in [0.3, 0.4) is 0 Å². The highest BCUT2D eigenvalue weighted by Gasteiger charge is 2.59. The van der Waals surface area contributed by atoms with E-state index in [9.17, 15) is 4.79 Å². The van der Waals surface area contributed by atoms with Crippen molar-refractivity contribution in [3.05, 3.63) is 47.5 Å². The quantitative estimate of drug-likeness (QED) is 0.286. The number of hydrogen-bond acceptors (Lipinski definition) is 3. The molecule has 0 aromatic heterocycles. The van der Waals surface area contributed by atoms with Crippen molar-refractivity contribution in [2.75, 3.05) is 7.11 Å². The molecular formula is C36H54O2S. The number of hydrogen-bond donors (Lipinski definition) is 0. The van der Waals surface area contributed by atoms with Crippen LogP contribution in [0.2, 0.25) is 0 Å². The number of methoxy groups -OCH3 is 1. The molecule has 9 atom stereocenters. The van der Waals surface area contributed by atoms with Gasteiger partial charge in [-0.2, -0.15) is 0 Å². The van der Waals surface area contributed by atoms with Gasteiger partial charge in [0.25, 0.3) is 0 Å². The smallest absolute Gasteiger partial charge is 0.222 e. The molecule has 0 spiro atoms. The Hall–Kier alpha value is -1.06. The van der Waals surface area contributed by atoms with Crippen LogP contribution in [0.1, 0.15) is 117 Å². The zero-order chi connectivity index (χ0) is 27.8. The SMILES string of the molecule is CO[C@@H](C(=O)S[C@H]1CC[C@@]2(C)C(=CC[C@H]3[C@@H]4CC[C@H]([C@H](C)CCCC(C)C)[C@@]4(C)CC[C@@H]32)C1)c1ccccc1. The van der Waals surface area contributed by atoms with Gasteiger partial charge in [-0.3, -0.25) is 4.79 Å². The minimum atomic E-state index is -0.465. The Morgan fingerprint density at radius 1 is 1.00 bits per heavy atom. The first-order chi connectivity index (χ1) is 18.7. The van der Waals surface area contributed by atoms with Gasteiger partial charge >= 0.3 is 0 Å². The molecule has 216 valence electrons. The maximum atomic E-state index is 13.3. The maximum absolute atomic E-state index is 13.3. The average molecular weight is 551 g/mol. The zero-order valence-electron chi connectivity index (χ0n) is 25.6. The lowest BCUT2D eigenvalue weighted by molar-refractivity contribution is -0.120. The third-order valence-electron chi connectivity index (χ3n) is 12.1. The Morgan fingerprint density at radius 2 is 1.77 bits per heavy atom. The molecule has 39 heavy (non-hydrogen) atoms. The van der Waals surface area contributed by atoms with Crippen LogP contribution >= 0.6 is 11.8 Å². The van der Waals surface area contributed by atoms with Gasteiger partial charge in [0.15, 0.2) is 6.10 Å². The van der Waals surface area contributed by atoms with Crippen LogP contribution < -0.4 is 0 Å². The molecule has 2 nitrogen and oxygen atoms in total. The van der Waals surface area contributed by atoms with E-state index in [0.29, 0.717) is 16.1 Å². The summed E-state index contributed by atoms with van der Waals surface area (Å²) in [6.45, 7) is 12.6. The Labute approximate surface area is 243 Å². The molecule has 0 aliphatic heterocycles. The molecule has 4 aliphatic rings. The Balaban J connectivity index is 1.24. The van der Waals surface area contributed by atoms with Crippen LogP contribution in [-0.2, 0) is 9.53 Å². The second-order valence-corrected chi connectivity index (χ2v) is 15.9. The number of carbonyl (C=O) groups is 1. The first-order valence-corrected chi connectivity index (χ1v) is 17.0. The summed E-state index contributed by atoms with van der Waals surface area (Å²) in [5.74, 6) is 5.24. The summed E-state index contributed by atoms with van der Waals surface area (Å²) in [6.07, 6.45) is 16.9. The van der Waals surface area contributed by atoms with E-state index in [4.69, 9.17) is 4.74 Å². The van der Waals surface area contributed by atoms with Gasteiger partial charge in [-0.1, -0.05) is 108 Å². The molecule has 3 heteroatoms. The molecule has 0 heterocycles. The molecule has 0 N–H and O–H groups in total. The topological polar surface area (TPSA) is 26.3 Å². The number of allylic oxidation sites excluding steroid dienone is 2. The largest absolute Gasteiger partial charge is 0.368 e. The van der Waals surface area contributed by atoms with Crippen LogP contribution in [0.15, 0.2) is 42.0 Å². The summed E-state index contributed by atoms with van der Waals surface area (Å²) in [7, 11) is 1.66. The van der Waals surface area contributed by atoms with E-state index in [1.54, 1.807) is 24.4 Å². The predicted octanol–water partition coefficient (Wildman–Crippen LogP) is 10.0. The van der Waals surface area contributed by atoms with Crippen molar-refractivity contribution < 1.29 is 9.53 Å². The van der Waals surface area contributed by atoms with Crippen LogP contribution in [0.25, 0.3) is 0 Å². The molecule has 5 rings (SSSR count). The minimum absolute atomic E-state index is 0.166. The Kier molecular flexibility index (Phi) is 9.09. The highest BCUT2D eigenvalue weighted by atomic mass is 32.2. The lowest BCUT2D eigenvalue weighted by atomic mass is 9.47. The lowest BCUT2D eigenvalue weighted by Gasteiger charge is -2.58. The van der Waals surface area contributed by atoms with Crippen molar-refractivity contribution in [2.24, 2.45) is 46.3 Å². The van der Waals surface area contributed by atoms with E-state index in [2.05, 4.69) is 40.7 Å². The van der Waals surface area contributed by atoms with E-state index >= 15 is 0 Å². The van der Waals surface area contributed by atoms with Gasteiger partial charge in [0.2, 0.25) is 5.12 Å². The third-order valence-corrected chi connectivity index (χ3v) is 13.3. The van der Waals surface area contributed by atoms with Gasteiger partial charge in [0, 0.05) is 12.4 Å². The number of thioether (sulfide) groups is 1. The van der Waals surface area contributed by atoms with E-state index in [1.807, 2.05) is 30.3 Å². The second kappa shape index (κ2) is 12.0. The first-order valence-electron chi connectivity index (χ1n) is 16.1. The summed E-state index contributed by atoms with van der Waals surface area (Å²) in [5.41, 5.74) is 3.53. The number of benzene rings is 1. The molecule has 0 radical (unpaired) electrons.